The number of benzene rings is 2. The highest BCUT2D eigenvalue weighted by Crippen LogP contribution is 2.33. The number of carbonyl (C=O) groups excluding carboxylic acids is 1. The van der Waals surface area contributed by atoms with E-state index in [1.807, 2.05) is 25.1 Å². The normalized spacial score (nSPS) is 14.0. The van der Waals surface area contributed by atoms with Gasteiger partial charge in [-0.15, -0.1) is 0 Å². The van der Waals surface area contributed by atoms with Gasteiger partial charge in [-0.2, -0.15) is 0 Å². The second-order valence-electron chi connectivity index (χ2n) is 6.23. The molecular weight excluding hydrogens is 321 g/mol. The van der Waals surface area contributed by atoms with Crippen LogP contribution in [-0.4, -0.2) is 25.7 Å². The monoisotopic (exact) mass is 343 g/mol. The minimum absolute atomic E-state index is 0.00417. The molecule has 3 rings (SSSR count). The molecule has 0 saturated heterocycles. The average molecular weight is 343 g/mol. The summed E-state index contributed by atoms with van der Waals surface area (Å²) >= 11 is 0. The lowest BCUT2D eigenvalue weighted by atomic mass is 9.97. The number of ether oxygens (including phenoxy) is 2. The van der Waals surface area contributed by atoms with Crippen LogP contribution in [0.25, 0.3) is 0 Å². The lowest BCUT2D eigenvalue weighted by Crippen LogP contribution is -2.26. The van der Waals surface area contributed by atoms with E-state index in [1.54, 1.807) is 12.1 Å². The van der Waals surface area contributed by atoms with Crippen molar-refractivity contribution in [2.24, 2.45) is 0 Å². The second kappa shape index (κ2) is 8.01. The number of hydrogen-bond acceptors (Lipinski definition) is 3. The summed E-state index contributed by atoms with van der Waals surface area (Å²) in [6, 6.07) is 12.2. The molecule has 0 aromatic heterocycles. The Labute approximate surface area is 147 Å². The fraction of sp³-hybridized carbons (Fsp3) is 0.350. The van der Waals surface area contributed by atoms with E-state index in [2.05, 4.69) is 5.32 Å². The lowest BCUT2D eigenvalue weighted by Gasteiger charge is -2.20. The van der Waals surface area contributed by atoms with Crippen molar-refractivity contribution in [2.45, 2.75) is 25.7 Å². The van der Waals surface area contributed by atoms with Gasteiger partial charge in [0.15, 0.2) is 11.5 Å². The van der Waals surface area contributed by atoms with Crippen LogP contribution in [0.1, 0.15) is 30.4 Å². The quantitative estimate of drug-likeness (QED) is 0.874. The van der Waals surface area contributed by atoms with Crippen LogP contribution >= 0.6 is 0 Å². The third-order valence-corrected chi connectivity index (χ3v) is 4.28. The highest BCUT2D eigenvalue weighted by molar-refractivity contribution is 5.76. The SMILES string of the molecule is CC(CC(=O)NCCc1ccc(F)cc1)c1ccc2c(c1)OCCO2. The van der Waals surface area contributed by atoms with Gasteiger partial charge in [-0.05, 0) is 47.7 Å². The summed E-state index contributed by atoms with van der Waals surface area (Å²) in [4.78, 5) is 12.1. The molecule has 0 aliphatic carbocycles. The topological polar surface area (TPSA) is 47.6 Å². The van der Waals surface area contributed by atoms with Crippen molar-refractivity contribution in [1.29, 1.82) is 0 Å². The molecule has 25 heavy (non-hydrogen) atoms. The van der Waals surface area contributed by atoms with E-state index in [9.17, 15) is 9.18 Å². The standard InChI is InChI=1S/C20H22FNO3/c1-14(16-4-7-18-19(13-16)25-11-10-24-18)12-20(23)22-9-8-15-2-5-17(21)6-3-15/h2-7,13-14H,8-12H2,1H3,(H,22,23). The van der Waals surface area contributed by atoms with Gasteiger partial charge in [0.1, 0.15) is 19.0 Å². The molecule has 1 aliphatic rings. The minimum atomic E-state index is -0.249. The maximum absolute atomic E-state index is 12.9. The van der Waals surface area contributed by atoms with Gasteiger partial charge >= 0.3 is 0 Å². The third kappa shape index (κ3) is 4.72. The summed E-state index contributed by atoms with van der Waals surface area (Å²) in [7, 11) is 0. The number of nitrogens with one attached hydrogen (secondary N) is 1. The first kappa shape index (κ1) is 17.3. The number of halogens is 1. The molecule has 1 amide bonds. The van der Waals surface area contributed by atoms with E-state index in [4.69, 9.17) is 9.47 Å². The maximum Gasteiger partial charge on any atom is 0.220 e. The Hall–Kier alpha value is -2.56. The minimum Gasteiger partial charge on any atom is -0.486 e. The van der Waals surface area contributed by atoms with E-state index in [0.717, 1.165) is 22.6 Å². The molecule has 0 saturated carbocycles. The number of rotatable bonds is 6. The number of fused-ring (bicyclic) bond motifs is 1. The molecule has 1 unspecified atom stereocenters. The summed E-state index contributed by atoms with van der Waals surface area (Å²) in [6.07, 6.45) is 1.09. The van der Waals surface area contributed by atoms with Gasteiger partial charge in [-0.25, -0.2) is 4.39 Å². The van der Waals surface area contributed by atoms with Crippen LogP contribution in [0.2, 0.25) is 0 Å². The Bertz CT molecular complexity index is 730. The molecule has 2 aromatic carbocycles. The van der Waals surface area contributed by atoms with Gasteiger partial charge in [0.2, 0.25) is 5.91 Å². The fourth-order valence-electron chi connectivity index (χ4n) is 2.83. The van der Waals surface area contributed by atoms with Crippen LogP contribution in [0, 0.1) is 5.82 Å². The molecule has 0 radical (unpaired) electrons. The van der Waals surface area contributed by atoms with E-state index < -0.39 is 0 Å². The number of carbonyl (C=O) groups is 1. The summed E-state index contributed by atoms with van der Waals surface area (Å²) < 4.78 is 24.0. The summed E-state index contributed by atoms with van der Waals surface area (Å²) in [6.45, 7) is 3.68. The van der Waals surface area contributed by atoms with Gasteiger partial charge in [-0.1, -0.05) is 25.1 Å². The lowest BCUT2D eigenvalue weighted by molar-refractivity contribution is -0.121. The van der Waals surface area contributed by atoms with E-state index in [-0.39, 0.29) is 17.6 Å². The van der Waals surface area contributed by atoms with E-state index >= 15 is 0 Å². The fourth-order valence-corrected chi connectivity index (χ4v) is 2.83. The first-order valence-corrected chi connectivity index (χ1v) is 8.52. The zero-order chi connectivity index (χ0) is 17.6. The molecule has 1 heterocycles. The van der Waals surface area contributed by atoms with Crippen molar-refractivity contribution in [3.8, 4) is 11.5 Å². The maximum atomic E-state index is 12.9. The highest BCUT2D eigenvalue weighted by atomic mass is 19.1. The molecule has 5 heteroatoms. The van der Waals surface area contributed by atoms with Gasteiger partial charge in [0.25, 0.3) is 0 Å². The summed E-state index contributed by atoms with van der Waals surface area (Å²) in [5, 5.41) is 2.92. The van der Waals surface area contributed by atoms with Crippen molar-refractivity contribution in [3.63, 3.8) is 0 Å². The second-order valence-corrected chi connectivity index (χ2v) is 6.23. The molecule has 2 aromatic rings. The van der Waals surface area contributed by atoms with Crippen LogP contribution in [0.15, 0.2) is 42.5 Å². The van der Waals surface area contributed by atoms with Crippen molar-refractivity contribution >= 4 is 5.91 Å². The number of amides is 1. The highest BCUT2D eigenvalue weighted by Gasteiger charge is 2.16. The first-order valence-electron chi connectivity index (χ1n) is 8.52. The van der Waals surface area contributed by atoms with Crippen molar-refractivity contribution in [1.82, 2.24) is 5.32 Å². The van der Waals surface area contributed by atoms with E-state index in [1.165, 1.54) is 12.1 Å². The van der Waals surface area contributed by atoms with Crippen LogP contribution in [0.5, 0.6) is 11.5 Å². The molecule has 1 aliphatic heterocycles. The molecule has 1 N–H and O–H groups in total. The predicted octanol–water partition coefficient (Wildman–Crippen LogP) is 3.45. The first-order chi connectivity index (χ1) is 12.1. The van der Waals surface area contributed by atoms with Gasteiger partial charge < -0.3 is 14.8 Å². The van der Waals surface area contributed by atoms with Gasteiger partial charge in [0.05, 0.1) is 0 Å². The summed E-state index contributed by atoms with van der Waals surface area (Å²) in [5.74, 6) is 1.34. The Kier molecular flexibility index (Phi) is 5.53. The zero-order valence-electron chi connectivity index (χ0n) is 14.3. The van der Waals surface area contributed by atoms with Crippen LogP contribution in [0.4, 0.5) is 4.39 Å². The van der Waals surface area contributed by atoms with Gasteiger partial charge in [-0.3, -0.25) is 4.79 Å². The molecule has 0 spiro atoms. The zero-order valence-corrected chi connectivity index (χ0v) is 14.3. The Morgan fingerprint density at radius 3 is 2.60 bits per heavy atom. The molecule has 132 valence electrons. The molecule has 0 bridgehead atoms. The largest absolute Gasteiger partial charge is 0.486 e. The summed E-state index contributed by atoms with van der Waals surface area (Å²) in [5.41, 5.74) is 2.06. The Morgan fingerprint density at radius 1 is 1.12 bits per heavy atom. The van der Waals surface area contributed by atoms with Gasteiger partial charge in [0, 0.05) is 13.0 Å². The van der Waals surface area contributed by atoms with Crippen molar-refractivity contribution < 1.29 is 18.7 Å². The Balaban J connectivity index is 1.48. The number of hydrogen-bond donors (Lipinski definition) is 1. The van der Waals surface area contributed by atoms with E-state index in [0.29, 0.717) is 32.6 Å². The smallest absolute Gasteiger partial charge is 0.220 e. The van der Waals surface area contributed by atoms with Crippen molar-refractivity contribution in [2.75, 3.05) is 19.8 Å². The molecule has 4 nitrogen and oxygen atoms in total. The molecule has 0 fully saturated rings. The molecular formula is C20H22FNO3. The molecule has 1 atom stereocenters. The third-order valence-electron chi connectivity index (χ3n) is 4.28. The Morgan fingerprint density at radius 2 is 1.84 bits per heavy atom. The van der Waals surface area contributed by atoms with Crippen LogP contribution in [0.3, 0.4) is 0 Å². The van der Waals surface area contributed by atoms with Crippen LogP contribution < -0.4 is 14.8 Å². The van der Waals surface area contributed by atoms with Crippen LogP contribution in [-0.2, 0) is 11.2 Å². The average Bonchev–Trinajstić information content (AvgIpc) is 2.63. The van der Waals surface area contributed by atoms with Crippen molar-refractivity contribution in [3.05, 3.63) is 59.4 Å². The predicted molar refractivity (Wildman–Crippen MR) is 93.6 cm³/mol.